The van der Waals surface area contributed by atoms with E-state index in [2.05, 4.69) is 50.2 Å². The fourth-order valence-electron chi connectivity index (χ4n) is 1.92. The molecule has 1 aromatic rings. The van der Waals surface area contributed by atoms with Gasteiger partial charge in [-0.25, -0.2) is 0 Å². The Hall–Kier alpha value is -1.26. The Morgan fingerprint density at radius 2 is 2.06 bits per heavy atom. The van der Waals surface area contributed by atoms with Crippen LogP contribution in [0.4, 0.5) is 0 Å². The summed E-state index contributed by atoms with van der Waals surface area (Å²) in [5.41, 5.74) is 4.08. The lowest BCUT2D eigenvalue weighted by Crippen LogP contribution is -2.31. The summed E-state index contributed by atoms with van der Waals surface area (Å²) < 4.78 is 0. The number of hydrogen-bond acceptors (Lipinski definition) is 1. The smallest absolute Gasteiger partial charge is 0.0243 e. The molecule has 1 nitrogen and oxygen atoms in total. The maximum Gasteiger partial charge on any atom is 0.0243 e. The third kappa shape index (κ3) is 4.63. The van der Waals surface area contributed by atoms with Gasteiger partial charge in [0.2, 0.25) is 0 Å². The maximum atomic E-state index is 5.42. The zero-order chi connectivity index (χ0) is 12.7. The minimum absolute atomic E-state index is 0.405. The molecule has 92 valence electrons. The van der Waals surface area contributed by atoms with Gasteiger partial charge in [-0.05, 0) is 49.9 Å². The molecule has 0 bridgehead atoms. The highest BCUT2D eigenvalue weighted by Crippen LogP contribution is 2.12. The summed E-state index contributed by atoms with van der Waals surface area (Å²) in [5.74, 6) is 2.76. The summed E-state index contributed by atoms with van der Waals surface area (Å²) in [6.45, 7) is 7.52. The monoisotopic (exact) mass is 229 g/mol. The van der Waals surface area contributed by atoms with Crippen LogP contribution < -0.4 is 5.32 Å². The molecule has 0 amide bonds. The fourth-order valence-corrected chi connectivity index (χ4v) is 1.92. The van der Waals surface area contributed by atoms with E-state index in [1.165, 1.54) is 16.7 Å². The molecule has 0 aliphatic carbocycles. The summed E-state index contributed by atoms with van der Waals surface area (Å²) in [6, 6.07) is 7.07. The van der Waals surface area contributed by atoms with Gasteiger partial charge in [0.25, 0.3) is 0 Å². The predicted molar refractivity (Wildman–Crippen MR) is 75.2 cm³/mol. The molecule has 1 atom stereocenters. The van der Waals surface area contributed by atoms with Crippen molar-refractivity contribution in [3.8, 4) is 12.3 Å². The second-order valence-electron chi connectivity index (χ2n) is 4.68. The number of rotatable bonds is 6. The fraction of sp³-hybridized carbons (Fsp3) is 0.500. The van der Waals surface area contributed by atoms with Crippen molar-refractivity contribution in [2.45, 2.75) is 46.1 Å². The van der Waals surface area contributed by atoms with E-state index in [9.17, 15) is 0 Å². The zero-order valence-electron chi connectivity index (χ0n) is 11.2. The van der Waals surface area contributed by atoms with E-state index in [-0.39, 0.29) is 0 Å². The lowest BCUT2D eigenvalue weighted by atomic mass is 9.99. The molecule has 0 aliphatic heterocycles. The van der Waals surface area contributed by atoms with Gasteiger partial charge in [-0.2, -0.15) is 0 Å². The quantitative estimate of drug-likeness (QED) is 0.738. The van der Waals surface area contributed by atoms with Gasteiger partial charge in [-0.15, -0.1) is 12.3 Å². The Labute approximate surface area is 106 Å². The normalized spacial score (nSPS) is 12.1. The van der Waals surface area contributed by atoms with E-state index in [0.29, 0.717) is 6.04 Å². The number of hydrogen-bond donors (Lipinski definition) is 1. The highest BCUT2D eigenvalue weighted by atomic mass is 14.9. The van der Waals surface area contributed by atoms with E-state index >= 15 is 0 Å². The van der Waals surface area contributed by atoms with Crippen LogP contribution in [0.5, 0.6) is 0 Å². The molecular formula is C16H23N. The third-order valence-corrected chi connectivity index (χ3v) is 3.10. The first-order valence-corrected chi connectivity index (χ1v) is 6.40. The predicted octanol–water partition coefficient (Wildman–Crippen LogP) is 3.24. The van der Waals surface area contributed by atoms with Crippen molar-refractivity contribution in [2.24, 2.45) is 0 Å². The molecule has 0 saturated carbocycles. The first-order chi connectivity index (χ1) is 8.17. The summed E-state index contributed by atoms with van der Waals surface area (Å²) in [6.07, 6.45) is 8.38. The van der Waals surface area contributed by atoms with Crippen LogP contribution in [-0.4, -0.2) is 12.6 Å². The largest absolute Gasteiger partial charge is 0.313 e. The highest BCUT2D eigenvalue weighted by molar-refractivity contribution is 5.30. The van der Waals surface area contributed by atoms with Gasteiger partial charge in [-0.1, -0.05) is 25.1 Å². The van der Waals surface area contributed by atoms with Gasteiger partial charge in [0.05, 0.1) is 0 Å². The summed E-state index contributed by atoms with van der Waals surface area (Å²) in [4.78, 5) is 0. The molecule has 1 heteroatoms. The molecule has 0 aliphatic rings. The van der Waals surface area contributed by atoms with Crippen LogP contribution in [0, 0.1) is 26.2 Å². The van der Waals surface area contributed by atoms with Gasteiger partial charge in [0.15, 0.2) is 0 Å². The second-order valence-corrected chi connectivity index (χ2v) is 4.68. The Morgan fingerprint density at radius 3 is 2.65 bits per heavy atom. The highest BCUT2D eigenvalue weighted by Gasteiger charge is 2.07. The van der Waals surface area contributed by atoms with Gasteiger partial charge >= 0.3 is 0 Å². The Morgan fingerprint density at radius 1 is 1.29 bits per heavy atom. The van der Waals surface area contributed by atoms with Gasteiger partial charge < -0.3 is 5.32 Å². The van der Waals surface area contributed by atoms with E-state index in [4.69, 9.17) is 6.42 Å². The molecule has 0 radical (unpaired) electrons. The molecule has 0 heterocycles. The SMILES string of the molecule is C#CCC(Cc1ccc(C)c(C)c1)NCCC. The van der Waals surface area contributed by atoms with Crippen molar-refractivity contribution < 1.29 is 0 Å². The van der Waals surface area contributed by atoms with Crippen molar-refractivity contribution in [1.82, 2.24) is 5.32 Å². The maximum absolute atomic E-state index is 5.42. The van der Waals surface area contributed by atoms with Gasteiger partial charge in [0.1, 0.15) is 0 Å². The molecule has 1 N–H and O–H groups in total. The first-order valence-electron chi connectivity index (χ1n) is 6.40. The number of nitrogens with one attached hydrogen (secondary N) is 1. The van der Waals surface area contributed by atoms with Gasteiger partial charge in [-0.3, -0.25) is 0 Å². The Bertz CT molecular complexity index is 387. The van der Waals surface area contributed by atoms with Crippen LogP contribution in [0.2, 0.25) is 0 Å². The summed E-state index contributed by atoms with van der Waals surface area (Å²) in [5, 5.41) is 3.51. The molecular weight excluding hydrogens is 206 g/mol. The average molecular weight is 229 g/mol. The van der Waals surface area contributed by atoms with Crippen molar-refractivity contribution in [2.75, 3.05) is 6.54 Å². The van der Waals surface area contributed by atoms with Crippen molar-refractivity contribution in [1.29, 1.82) is 0 Å². The molecule has 0 saturated heterocycles. The van der Waals surface area contributed by atoms with E-state index in [1.54, 1.807) is 0 Å². The number of benzene rings is 1. The second kappa shape index (κ2) is 7.14. The first kappa shape index (κ1) is 13.8. The summed E-state index contributed by atoms with van der Waals surface area (Å²) >= 11 is 0. The van der Waals surface area contributed by atoms with Crippen molar-refractivity contribution in [3.05, 3.63) is 34.9 Å². The van der Waals surface area contributed by atoms with E-state index in [0.717, 1.165) is 25.8 Å². The minimum atomic E-state index is 0.405. The molecule has 1 rings (SSSR count). The van der Waals surface area contributed by atoms with Crippen molar-refractivity contribution in [3.63, 3.8) is 0 Å². The standard InChI is InChI=1S/C16H23N/c1-5-7-16(17-10-6-2)12-15-9-8-13(3)14(4)11-15/h1,8-9,11,16-17H,6-7,10,12H2,2-4H3. The average Bonchev–Trinajstić information content (AvgIpc) is 2.31. The Kier molecular flexibility index (Phi) is 5.80. The lowest BCUT2D eigenvalue weighted by Gasteiger charge is -2.16. The van der Waals surface area contributed by atoms with Crippen LogP contribution in [0.25, 0.3) is 0 Å². The number of terminal acetylenes is 1. The molecule has 0 fully saturated rings. The van der Waals surface area contributed by atoms with E-state index < -0.39 is 0 Å². The van der Waals surface area contributed by atoms with Crippen LogP contribution in [0.1, 0.15) is 36.5 Å². The lowest BCUT2D eigenvalue weighted by molar-refractivity contribution is 0.517. The van der Waals surface area contributed by atoms with Gasteiger partial charge in [0, 0.05) is 12.5 Å². The molecule has 1 aromatic carbocycles. The third-order valence-electron chi connectivity index (χ3n) is 3.10. The molecule has 1 unspecified atom stereocenters. The number of aryl methyl sites for hydroxylation is 2. The topological polar surface area (TPSA) is 12.0 Å². The summed E-state index contributed by atoms with van der Waals surface area (Å²) in [7, 11) is 0. The van der Waals surface area contributed by atoms with Crippen LogP contribution in [0.15, 0.2) is 18.2 Å². The van der Waals surface area contributed by atoms with Crippen LogP contribution >= 0.6 is 0 Å². The van der Waals surface area contributed by atoms with Crippen molar-refractivity contribution >= 4 is 0 Å². The van der Waals surface area contributed by atoms with E-state index in [1.807, 2.05) is 0 Å². The van der Waals surface area contributed by atoms with Crippen LogP contribution in [0.3, 0.4) is 0 Å². The van der Waals surface area contributed by atoms with Crippen LogP contribution in [-0.2, 0) is 6.42 Å². The molecule has 17 heavy (non-hydrogen) atoms. The molecule has 0 aromatic heterocycles. The Balaban J connectivity index is 2.65. The zero-order valence-corrected chi connectivity index (χ0v) is 11.2. The molecule has 0 spiro atoms. The minimum Gasteiger partial charge on any atom is -0.313 e.